The van der Waals surface area contributed by atoms with E-state index in [-0.39, 0.29) is 5.25 Å². The van der Waals surface area contributed by atoms with E-state index in [1.807, 2.05) is 19.1 Å². The summed E-state index contributed by atoms with van der Waals surface area (Å²) in [6.07, 6.45) is 2.34. The fourth-order valence-electron chi connectivity index (χ4n) is 4.35. The van der Waals surface area contributed by atoms with Gasteiger partial charge in [0.2, 0.25) is 0 Å². The molecule has 17 heavy (non-hydrogen) atoms. The van der Waals surface area contributed by atoms with Crippen LogP contribution in [0.3, 0.4) is 0 Å². The van der Waals surface area contributed by atoms with Gasteiger partial charge < -0.3 is 0 Å². The molecule has 4 aliphatic carbocycles. The van der Waals surface area contributed by atoms with Gasteiger partial charge in [-0.05, 0) is 55.6 Å². The minimum atomic E-state index is -3.07. The third-order valence-corrected chi connectivity index (χ3v) is 7.44. The van der Waals surface area contributed by atoms with Crippen LogP contribution in [-0.4, -0.2) is 13.7 Å². The lowest BCUT2D eigenvalue weighted by molar-refractivity contribution is 0.542. The molecule has 0 heterocycles. The first-order valence-corrected chi connectivity index (χ1v) is 7.94. The second-order valence-electron chi connectivity index (χ2n) is 5.96. The molecule has 1 aromatic carbocycles. The summed E-state index contributed by atoms with van der Waals surface area (Å²) in [6.45, 7) is 1.99. The molecule has 0 amide bonds. The number of sulfone groups is 1. The maximum Gasteiger partial charge on any atom is 0.181 e. The molecule has 4 fully saturated rings. The highest BCUT2D eigenvalue weighted by Crippen LogP contribution is 2.72. The van der Waals surface area contributed by atoms with E-state index in [1.165, 1.54) is 12.8 Å². The van der Waals surface area contributed by atoms with E-state index < -0.39 is 9.84 Å². The summed E-state index contributed by atoms with van der Waals surface area (Å²) in [7, 11) is -3.07. The molecule has 0 N–H and O–H groups in total. The van der Waals surface area contributed by atoms with Gasteiger partial charge in [-0.2, -0.15) is 0 Å². The van der Waals surface area contributed by atoms with E-state index in [4.69, 9.17) is 0 Å². The van der Waals surface area contributed by atoms with Gasteiger partial charge in [-0.3, -0.25) is 0 Å². The summed E-state index contributed by atoms with van der Waals surface area (Å²) in [5.74, 6) is 2.48. The van der Waals surface area contributed by atoms with Crippen molar-refractivity contribution < 1.29 is 8.42 Å². The lowest BCUT2D eigenvalue weighted by Gasteiger charge is -2.15. The third-order valence-electron chi connectivity index (χ3n) is 5.10. The predicted molar refractivity (Wildman–Crippen MR) is 65.3 cm³/mol. The number of rotatable bonds is 2. The molecule has 0 saturated heterocycles. The van der Waals surface area contributed by atoms with Crippen molar-refractivity contribution in [3.63, 3.8) is 0 Å². The molecule has 0 radical (unpaired) electrons. The lowest BCUT2D eigenvalue weighted by atomic mass is 10.1. The summed E-state index contributed by atoms with van der Waals surface area (Å²) < 4.78 is 25.2. The van der Waals surface area contributed by atoms with E-state index in [0.717, 1.165) is 17.4 Å². The van der Waals surface area contributed by atoms with Gasteiger partial charge in [-0.1, -0.05) is 17.7 Å². The number of hydrogen-bond acceptors (Lipinski definition) is 2. The van der Waals surface area contributed by atoms with E-state index in [1.54, 1.807) is 12.1 Å². The van der Waals surface area contributed by atoms with Crippen molar-refractivity contribution in [2.45, 2.75) is 29.9 Å². The first kappa shape index (κ1) is 10.1. The molecule has 2 nitrogen and oxygen atoms in total. The third kappa shape index (κ3) is 1.18. The SMILES string of the molecule is Cc1ccc(S(=O)(=O)[C@@H]2C3C[C@@H]4C2[C@@H]4C3)cc1. The summed E-state index contributed by atoms with van der Waals surface area (Å²) in [5.41, 5.74) is 1.11. The zero-order valence-electron chi connectivity index (χ0n) is 9.84. The fraction of sp³-hybridized carbons (Fsp3) is 0.571. The van der Waals surface area contributed by atoms with Crippen LogP contribution in [0.25, 0.3) is 0 Å². The summed E-state index contributed by atoms with van der Waals surface area (Å²) >= 11 is 0. The Morgan fingerprint density at radius 1 is 1.06 bits per heavy atom. The van der Waals surface area contributed by atoms with Crippen molar-refractivity contribution >= 4 is 9.84 Å². The van der Waals surface area contributed by atoms with Crippen LogP contribution in [0.2, 0.25) is 0 Å². The molecule has 5 rings (SSSR count). The van der Waals surface area contributed by atoms with Crippen molar-refractivity contribution in [2.75, 3.05) is 0 Å². The molecule has 2 unspecified atom stereocenters. The van der Waals surface area contributed by atoms with Gasteiger partial charge in [0.25, 0.3) is 0 Å². The molecule has 5 atom stereocenters. The maximum absolute atomic E-state index is 12.6. The quantitative estimate of drug-likeness (QED) is 0.805. The Balaban J connectivity index is 1.75. The van der Waals surface area contributed by atoms with Crippen molar-refractivity contribution in [1.29, 1.82) is 0 Å². The fourth-order valence-corrected chi connectivity index (χ4v) is 6.73. The predicted octanol–water partition coefficient (Wildman–Crippen LogP) is 2.42. The van der Waals surface area contributed by atoms with Crippen LogP contribution >= 0.6 is 0 Å². The monoisotopic (exact) mass is 248 g/mol. The Kier molecular flexibility index (Phi) is 1.75. The van der Waals surface area contributed by atoms with E-state index >= 15 is 0 Å². The molecule has 4 aliphatic rings. The summed E-state index contributed by atoms with van der Waals surface area (Å²) in [5, 5.41) is -0.0554. The molecule has 90 valence electrons. The van der Waals surface area contributed by atoms with Crippen LogP contribution < -0.4 is 0 Å². The molecule has 4 saturated carbocycles. The largest absolute Gasteiger partial charge is 0.223 e. The van der Waals surface area contributed by atoms with Crippen LogP contribution in [0.5, 0.6) is 0 Å². The molecule has 0 aliphatic heterocycles. The van der Waals surface area contributed by atoms with E-state index in [9.17, 15) is 8.42 Å². The molecule has 1 aromatic rings. The molecule has 0 spiro atoms. The van der Waals surface area contributed by atoms with Crippen LogP contribution in [-0.2, 0) is 9.84 Å². The summed E-state index contributed by atoms with van der Waals surface area (Å²) in [4.78, 5) is 0.534. The van der Waals surface area contributed by atoms with Crippen molar-refractivity contribution in [1.82, 2.24) is 0 Å². The highest BCUT2D eigenvalue weighted by molar-refractivity contribution is 7.92. The first-order valence-electron chi connectivity index (χ1n) is 6.39. The van der Waals surface area contributed by atoms with Gasteiger partial charge >= 0.3 is 0 Å². The number of benzene rings is 1. The average molecular weight is 248 g/mol. The van der Waals surface area contributed by atoms with Crippen molar-refractivity contribution in [3.8, 4) is 0 Å². The van der Waals surface area contributed by atoms with E-state index in [0.29, 0.717) is 16.7 Å². The normalized spacial score (nSPS) is 41.8. The van der Waals surface area contributed by atoms with E-state index in [2.05, 4.69) is 0 Å². The zero-order chi connectivity index (χ0) is 11.8. The molecule has 4 bridgehead atoms. The van der Waals surface area contributed by atoms with Gasteiger partial charge in [0.05, 0.1) is 10.1 Å². The standard InChI is InChI=1S/C14H16O2S/c1-8-2-4-10(5-3-8)17(15,16)14-9-6-11-12(7-9)13(11)14/h2-5,9,11-14H,6-7H2,1H3/t9?,11-,12+,13?,14-/m1/s1. The van der Waals surface area contributed by atoms with Crippen LogP contribution in [0.15, 0.2) is 29.2 Å². The Morgan fingerprint density at radius 2 is 1.65 bits per heavy atom. The van der Waals surface area contributed by atoms with Crippen molar-refractivity contribution in [2.24, 2.45) is 23.7 Å². The number of hydrogen-bond donors (Lipinski definition) is 0. The average Bonchev–Trinajstić information content (AvgIpc) is 2.76. The first-order chi connectivity index (χ1) is 8.09. The number of aryl methyl sites for hydroxylation is 1. The van der Waals surface area contributed by atoms with Gasteiger partial charge in [0.15, 0.2) is 9.84 Å². The second kappa shape index (κ2) is 2.94. The summed E-state index contributed by atoms with van der Waals surface area (Å²) in [6, 6.07) is 7.35. The molecular formula is C14H16O2S. The topological polar surface area (TPSA) is 34.1 Å². The molecule has 3 heteroatoms. The van der Waals surface area contributed by atoms with Gasteiger partial charge in [-0.25, -0.2) is 8.42 Å². The van der Waals surface area contributed by atoms with Gasteiger partial charge in [0.1, 0.15) is 0 Å². The van der Waals surface area contributed by atoms with Gasteiger partial charge in [-0.15, -0.1) is 0 Å². The van der Waals surface area contributed by atoms with Crippen LogP contribution in [0.4, 0.5) is 0 Å². The van der Waals surface area contributed by atoms with Crippen molar-refractivity contribution in [3.05, 3.63) is 29.8 Å². The van der Waals surface area contributed by atoms with Crippen LogP contribution in [0, 0.1) is 30.6 Å². The Labute approximate surface area is 102 Å². The van der Waals surface area contributed by atoms with Crippen LogP contribution in [0.1, 0.15) is 18.4 Å². The zero-order valence-corrected chi connectivity index (χ0v) is 10.7. The minimum absolute atomic E-state index is 0.0554. The minimum Gasteiger partial charge on any atom is -0.223 e. The Morgan fingerprint density at radius 3 is 2.12 bits per heavy atom. The molecular weight excluding hydrogens is 232 g/mol. The second-order valence-corrected chi connectivity index (χ2v) is 8.06. The lowest BCUT2D eigenvalue weighted by Crippen LogP contribution is -2.25. The Hall–Kier alpha value is -0.830. The highest BCUT2D eigenvalue weighted by Gasteiger charge is 2.71. The molecule has 0 aromatic heterocycles. The maximum atomic E-state index is 12.6. The Bertz CT molecular complexity index is 559. The highest BCUT2D eigenvalue weighted by atomic mass is 32.2. The smallest absolute Gasteiger partial charge is 0.181 e. The van der Waals surface area contributed by atoms with Gasteiger partial charge in [0, 0.05) is 0 Å².